The average Bonchev–Trinajstić information content (AvgIpc) is 3.36. The number of piperidine rings is 1. The van der Waals surface area contributed by atoms with Gasteiger partial charge in [0.15, 0.2) is 11.5 Å². The zero-order valence-electron chi connectivity index (χ0n) is 20.5. The molecular formula is C27H30N4O4. The zero-order valence-corrected chi connectivity index (χ0v) is 20.5. The predicted octanol–water partition coefficient (Wildman–Crippen LogP) is 5.51. The molecule has 1 fully saturated rings. The van der Waals surface area contributed by atoms with Crippen molar-refractivity contribution in [3.05, 3.63) is 54.6 Å². The van der Waals surface area contributed by atoms with E-state index in [4.69, 9.17) is 18.7 Å². The summed E-state index contributed by atoms with van der Waals surface area (Å²) in [6.07, 6.45) is 3.55. The maximum Gasteiger partial charge on any atom is 0.230 e. The molecule has 1 saturated heterocycles. The Labute approximate surface area is 204 Å². The summed E-state index contributed by atoms with van der Waals surface area (Å²) in [6, 6.07) is 13.4. The van der Waals surface area contributed by atoms with Crippen molar-refractivity contribution in [1.29, 1.82) is 0 Å². The van der Waals surface area contributed by atoms with Gasteiger partial charge in [-0.1, -0.05) is 38.1 Å². The molecule has 0 spiro atoms. The molecule has 3 heterocycles. The molecule has 0 aliphatic carbocycles. The minimum Gasteiger partial charge on any atom is -0.493 e. The predicted molar refractivity (Wildman–Crippen MR) is 133 cm³/mol. The highest BCUT2D eigenvalue weighted by Gasteiger charge is 2.22. The lowest BCUT2D eigenvalue weighted by atomic mass is 9.93. The minimum absolute atomic E-state index is 0.144. The van der Waals surface area contributed by atoms with Gasteiger partial charge in [-0.2, -0.15) is 0 Å². The van der Waals surface area contributed by atoms with Crippen molar-refractivity contribution in [2.24, 2.45) is 0 Å². The monoisotopic (exact) mass is 474 g/mol. The smallest absolute Gasteiger partial charge is 0.230 e. The number of benzene rings is 2. The lowest BCUT2D eigenvalue weighted by molar-refractivity contribution is 0.157. The first-order chi connectivity index (χ1) is 16.9. The van der Waals surface area contributed by atoms with Crippen LogP contribution in [0.3, 0.4) is 0 Å². The Balaban J connectivity index is 1.49. The van der Waals surface area contributed by atoms with E-state index in [1.54, 1.807) is 7.11 Å². The van der Waals surface area contributed by atoms with Crippen LogP contribution in [0.15, 0.2) is 53.3 Å². The summed E-state index contributed by atoms with van der Waals surface area (Å²) < 4.78 is 23.8. The van der Waals surface area contributed by atoms with Gasteiger partial charge in [0.2, 0.25) is 5.88 Å². The van der Waals surface area contributed by atoms with E-state index in [2.05, 4.69) is 41.2 Å². The lowest BCUT2D eigenvalue weighted by Crippen LogP contribution is -2.34. The molecule has 0 amide bonds. The van der Waals surface area contributed by atoms with Crippen LogP contribution in [0.4, 0.5) is 0 Å². The molecule has 0 saturated carbocycles. The highest BCUT2D eigenvalue weighted by molar-refractivity contribution is 5.87. The highest BCUT2D eigenvalue weighted by atomic mass is 16.5. The van der Waals surface area contributed by atoms with E-state index in [9.17, 15) is 0 Å². The molecule has 8 nitrogen and oxygen atoms in total. The van der Waals surface area contributed by atoms with Gasteiger partial charge >= 0.3 is 0 Å². The average molecular weight is 475 g/mol. The topological polar surface area (TPSA) is 91.5 Å². The number of para-hydroxylation sites is 1. The maximum absolute atomic E-state index is 6.32. The number of rotatable bonds is 6. The van der Waals surface area contributed by atoms with Gasteiger partial charge in [0.25, 0.3) is 0 Å². The van der Waals surface area contributed by atoms with Gasteiger partial charge in [-0.15, -0.1) is 0 Å². The van der Waals surface area contributed by atoms with Gasteiger partial charge in [0.05, 0.1) is 18.0 Å². The quantitative estimate of drug-likeness (QED) is 0.391. The van der Waals surface area contributed by atoms with E-state index in [1.807, 2.05) is 42.5 Å². The van der Waals surface area contributed by atoms with Crippen molar-refractivity contribution in [2.45, 2.75) is 45.1 Å². The Morgan fingerprint density at radius 3 is 2.51 bits per heavy atom. The summed E-state index contributed by atoms with van der Waals surface area (Å²) >= 11 is 0. The number of nitrogens with one attached hydrogen (secondary N) is 1. The Morgan fingerprint density at radius 2 is 1.77 bits per heavy atom. The molecule has 0 bridgehead atoms. The SMILES string of the molecule is COc1cc2c(Oc3ccccc3-c3cc(C(C)(C)C)on3)ncnc2cc1OC1CCNCC1. The van der Waals surface area contributed by atoms with E-state index in [-0.39, 0.29) is 11.5 Å². The standard InChI is InChI=1S/C27H30N4O4/c1-27(2,3)25-15-21(31-35-25)18-7-5-6-8-22(18)34-26-19-13-23(32-4)24(14-20(19)29-16-30-26)33-17-9-11-28-12-10-17/h5-8,13-17,28H,9-12H2,1-4H3. The summed E-state index contributed by atoms with van der Waals surface area (Å²) in [7, 11) is 1.63. The fourth-order valence-electron chi connectivity index (χ4n) is 4.09. The van der Waals surface area contributed by atoms with Crippen molar-refractivity contribution >= 4 is 10.9 Å². The van der Waals surface area contributed by atoms with E-state index >= 15 is 0 Å². The number of hydrogen-bond acceptors (Lipinski definition) is 8. The highest BCUT2D eigenvalue weighted by Crippen LogP contribution is 2.39. The van der Waals surface area contributed by atoms with Crippen LogP contribution in [-0.2, 0) is 5.41 Å². The third kappa shape index (κ3) is 4.93. The Kier molecular flexibility index (Phi) is 6.30. The molecule has 1 aliphatic heterocycles. The van der Waals surface area contributed by atoms with E-state index in [0.29, 0.717) is 34.3 Å². The van der Waals surface area contributed by atoms with Gasteiger partial charge < -0.3 is 24.1 Å². The largest absolute Gasteiger partial charge is 0.493 e. The normalized spacial score (nSPS) is 14.7. The second kappa shape index (κ2) is 9.54. The van der Waals surface area contributed by atoms with Crippen LogP contribution in [-0.4, -0.2) is 41.4 Å². The first kappa shape index (κ1) is 23.1. The summed E-state index contributed by atoms with van der Waals surface area (Å²) in [5, 5.41) is 8.37. The van der Waals surface area contributed by atoms with Crippen LogP contribution in [0.2, 0.25) is 0 Å². The molecule has 4 aromatic rings. The van der Waals surface area contributed by atoms with Crippen molar-refractivity contribution in [2.75, 3.05) is 20.2 Å². The first-order valence-electron chi connectivity index (χ1n) is 11.9. The zero-order chi connectivity index (χ0) is 24.4. The summed E-state index contributed by atoms with van der Waals surface area (Å²) in [6.45, 7) is 8.15. The molecular weight excluding hydrogens is 444 g/mol. The molecule has 35 heavy (non-hydrogen) atoms. The summed E-state index contributed by atoms with van der Waals surface area (Å²) in [4.78, 5) is 8.88. The number of fused-ring (bicyclic) bond motifs is 1. The number of hydrogen-bond donors (Lipinski definition) is 1. The van der Waals surface area contributed by atoms with Crippen LogP contribution >= 0.6 is 0 Å². The van der Waals surface area contributed by atoms with Crippen LogP contribution in [0, 0.1) is 0 Å². The molecule has 1 N–H and O–H groups in total. The van der Waals surface area contributed by atoms with Gasteiger partial charge in [-0.05, 0) is 44.1 Å². The molecule has 0 atom stereocenters. The Morgan fingerprint density at radius 1 is 0.971 bits per heavy atom. The fourth-order valence-corrected chi connectivity index (χ4v) is 4.09. The third-order valence-corrected chi connectivity index (χ3v) is 6.08. The van der Waals surface area contributed by atoms with Gasteiger partial charge in [0.1, 0.15) is 29.6 Å². The second-order valence-corrected chi connectivity index (χ2v) is 9.69. The molecule has 8 heteroatoms. The number of nitrogens with zero attached hydrogens (tertiary/aromatic N) is 3. The Bertz CT molecular complexity index is 1320. The Hall–Kier alpha value is -3.65. The minimum atomic E-state index is -0.144. The second-order valence-electron chi connectivity index (χ2n) is 9.69. The molecule has 2 aromatic heterocycles. The van der Waals surface area contributed by atoms with Crippen molar-refractivity contribution in [1.82, 2.24) is 20.4 Å². The number of methoxy groups -OCH3 is 1. The maximum atomic E-state index is 6.32. The summed E-state index contributed by atoms with van der Waals surface area (Å²) in [5.41, 5.74) is 2.10. The van der Waals surface area contributed by atoms with Crippen LogP contribution in [0.5, 0.6) is 23.1 Å². The fraction of sp³-hybridized carbons (Fsp3) is 0.370. The first-order valence-corrected chi connectivity index (χ1v) is 11.9. The van der Waals surface area contributed by atoms with Crippen molar-refractivity contribution < 1.29 is 18.7 Å². The number of ether oxygens (including phenoxy) is 3. The van der Waals surface area contributed by atoms with Crippen LogP contribution in [0.25, 0.3) is 22.2 Å². The van der Waals surface area contributed by atoms with E-state index in [0.717, 1.165) is 42.6 Å². The molecule has 2 aromatic carbocycles. The van der Waals surface area contributed by atoms with Gasteiger partial charge in [0, 0.05) is 23.1 Å². The molecule has 0 unspecified atom stereocenters. The van der Waals surface area contributed by atoms with Crippen molar-refractivity contribution in [3.63, 3.8) is 0 Å². The molecule has 182 valence electrons. The van der Waals surface area contributed by atoms with Gasteiger partial charge in [-0.3, -0.25) is 0 Å². The number of aromatic nitrogens is 3. The van der Waals surface area contributed by atoms with E-state index < -0.39 is 0 Å². The van der Waals surface area contributed by atoms with Gasteiger partial charge in [-0.25, -0.2) is 9.97 Å². The van der Waals surface area contributed by atoms with Crippen molar-refractivity contribution in [3.8, 4) is 34.4 Å². The third-order valence-electron chi connectivity index (χ3n) is 6.08. The molecule has 5 rings (SSSR count). The molecule has 0 radical (unpaired) electrons. The van der Waals surface area contributed by atoms with E-state index in [1.165, 1.54) is 6.33 Å². The van der Waals surface area contributed by atoms with Crippen LogP contribution < -0.4 is 19.5 Å². The summed E-state index contributed by atoms with van der Waals surface area (Å²) in [5.74, 6) is 3.15. The van der Waals surface area contributed by atoms with Crippen LogP contribution in [0.1, 0.15) is 39.4 Å². The molecule has 1 aliphatic rings. The lowest BCUT2D eigenvalue weighted by Gasteiger charge is -2.24.